The van der Waals surface area contributed by atoms with Crippen LogP contribution in [0.3, 0.4) is 0 Å². The fraction of sp³-hybridized carbons (Fsp3) is 0.385. The van der Waals surface area contributed by atoms with E-state index in [0.717, 1.165) is 18.8 Å². The minimum Gasteiger partial charge on any atom is -0.494 e. The van der Waals surface area contributed by atoms with Crippen molar-refractivity contribution in [3.05, 3.63) is 30.0 Å². The molecule has 1 aromatic heterocycles. The number of aromatic nitrogens is 1. The third kappa shape index (κ3) is 2.32. The highest BCUT2D eigenvalue weighted by atomic mass is 16.5. The molecule has 0 aliphatic heterocycles. The van der Waals surface area contributed by atoms with Crippen molar-refractivity contribution >= 4 is 10.9 Å². The van der Waals surface area contributed by atoms with E-state index < -0.39 is 0 Å². The quantitative estimate of drug-likeness (QED) is 0.754. The Balaban J connectivity index is 2.15. The lowest BCUT2D eigenvalue weighted by atomic mass is 10.2. The fourth-order valence-electron chi connectivity index (χ4n) is 1.68. The number of hydrogen-bond donors (Lipinski definition) is 1. The molecule has 0 unspecified atom stereocenters. The third-order valence-electron chi connectivity index (χ3n) is 2.49. The van der Waals surface area contributed by atoms with Crippen molar-refractivity contribution in [2.45, 2.75) is 26.7 Å². The summed E-state index contributed by atoms with van der Waals surface area (Å²) in [5.41, 5.74) is 2.37. The van der Waals surface area contributed by atoms with Crippen molar-refractivity contribution in [3.8, 4) is 5.75 Å². The van der Waals surface area contributed by atoms with E-state index in [1.165, 1.54) is 23.0 Å². The number of rotatable bonds is 4. The predicted octanol–water partition coefficient (Wildman–Crippen LogP) is 3.66. The Labute approximate surface area is 90.3 Å². The van der Waals surface area contributed by atoms with Crippen LogP contribution in [0.25, 0.3) is 10.9 Å². The Bertz CT molecular complexity index is 445. The molecular formula is C13H17NO. The molecule has 0 fully saturated rings. The highest BCUT2D eigenvalue weighted by Crippen LogP contribution is 2.21. The van der Waals surface area contributed by atoms with Gasteiger partial charge in [0.1, 0.15) is 5.75 Å². The number of aryl methyl sites for hydroxylation is 1. The topological polar surface area (TPSA) is 25.0 Å². The van der Waals surface area contributed by atoms with Crippen LogP contribution < -0.4 is 4.74 Å². The SMILES string of the molecule is CCCCOc1ccc2[nH]c(C)cc2c1. The molecule has 1 heterocycles. The number of H-pyrrole nitrogens is 1. The van der Waals surface area contributed by atoms with Gasteiger partial charge in [-0.25, -0.2) is 0 Å². The Kier molecular flexibility index (Phi) is 2.95. The number of unbranched alkanes of at least 4 members (excludes halogenated alkanes) is 1. The van der Waals surface area contributed by atoms with E-state index in [-0.39, 0.29) is 0 Å². The van der Waals surface area contributed by atoms with Gasteiger partial charge in [0.15, 0.2) is 0 Å². The van der Waals surface area contributed by atoms with Crippen molar-refractivity contribution < 1.29 is 4.74 Å². The van der Waals surface area contributed by atoms with E-state index in [9.17, 15) is 0 Å². The van der Waals surface area contributed by atoms with Gasteiger partial charge in [-0.3, -0.25) is 0 Å². The summed E-state index contributed by atoms with van der Waals surface area (Å²) < 4.78 is 5.65. The third-order valence-corrected chi connectivity index (χ3v) is 2.49. The van der Waals surface area contributed by atoms with Crippen LogP contribution in [-0.4, -0.2) is 11.6 Å². The molecule has 80 valence electrons. The van der Waals surface area contributed by atoms with E-state index in [1.807, 2.05) is 6.07 Å². The van der Waals surface area contributed by atoms with Gasteiger partial charge in [-0.15, -0.1) is 0 Å². The van der Waals surface area contributed by atoms with Crippen molar-refractivity contribution in [1.82, 2.24) is 4.98 Å². The van der Waals surface area contributed by atoms with Crippen molar-refractivity contribution in [2.24, 2.45) is 0 Å². The minimum atomic E-state index is 0.811. The summed E-state index contributed by atoms with van der Waals surface area (Å²) in [5, 5.41) is 1.22. The number of nitrogens with one attached hydrogen (secondary N) is 1. The first kappa shape index (κ1) is 10.1. The normalized spacial score (nSPS) is 10.8. The first-order valence-electron chi connectivity index (χ1n) is 5.52. The molecule has 15 heavy (non-hydrogen) atoms. The van der Waals surface area contributed by atoms with Crippen LogP contribution in [0.5, 0.6) is 5.75 Å². The Morgan fingerprint density at radius 2 is 2.13 bits per heavy atom. The van der Waals surface area contributed by atoms with E-state index in [4.69, 9.17) is 4.74 Å². The van der Waals surface area contributed by atoms with Crippen LogP contribution in [-0.2, 0) is 0 Å². The summed E-state index contributed by atoms with van der Waals surface area (Å²) in [6.45, 7) is 5.05. The van der Waals surface area contributed by atoms with E-state index in [2.05, 4.69) is 37.0 Å². The number of aromatic amines is 1. The van der Waals surface area contributed by atoms with Crippen molar-refractivity contribution in [3.63, 3.8) is 0 Å². The molecule has 0 saturated heterocycles. The van der Waals surface area contributed by atoms with Crippen LogP contribution in [0.1, 0.15) is 25.5 Å². The average Bonchev–Trinajstić information content (AvgIpc) is 2.57. The monoisotopic (exact) mass is 203 g/mol. The largest absolute Gasteiger partial charge is 0.494 e. The molecular weight excluding hydrogens is 186 g/mol. The summed E-state index contributed by atoms with van der Waals surface area (Å²) in [4.78, 5) is 3.30. The van der Waals surface area contributed by atoms with E-state index >= 15 is 0 Å². The summed E-state index contributed by atoms with van der Waals surface area (Å²) in [6, 6.07) is 8.33. The first-order chi connectivity index (χ1) is 7.29. The number of fused-ring (bicyclic) bond motifs is 1. The second-order valence-corrected chi connectivity index (χ2v) is 3.90. The second-order valence-electron chi connectivity index (χ2n) is 3.90. The predicted molar refractivity (Wildman–Crippen MR) is 63.4 cm³/mol. The van der Waals surface area contributed by atoms with Gasteiger partial charge in [-0.2, -0.15) is 0 Å². The zero-order valence-corrected chi connectivity index (χ0v) is 9.34. The van der Waals surface area contributed by atoms with E-state index in [1.54, 1.807) is 0 Å². The lowest BCUT2D eigenvalue weighted by Gasteiger charge is -2.04. The Morgan fingerprint density at radius 1 is 1.27 bits per heavy atom. The molecule has 0 radical (unpaired) electrons. The molecule has 0 atom stereocenters. The molecule has 2 rings (SSSR count). The maximum Gasteiger partial charge on any atom is 0.120 e. The summed E-state index contributed by atoms with van der Waals surface area (Å²) >= 11 is 0. The maximum absolute atomic E-state index is 5.65. The van der Waals surface area contributed by atoms with Crippen LogP contribution >= 0.6 is 0 Å². The summed E-state index contributed by atoms with van der Waals surface area (Å²) in [6.07, 6.45) is 2.29. The molecule has 0 spiro atoms. The number of benzene rings is 1. The molecule has 0 amide bonds. The van der Waals surface area contributed by atoms with Gasteiger partial charge < -0.3 is 9.72 Å². The van der Waals surface area contributed by atoms with Gasteiger partial charge in [-0.1, -0.05) is 13.3 Å². The average molecular weight is 203 g/mol. The van der Waals surface area contributed by atoms with Gasteiger partial charge >= 0.3 is 0 Å². The standard InChI is InChI=1S/C13H17NO/c1-3-4-7-15-12-5-6-13-11(9-12)8-10(2)14-13/h5-6,8-9,14H,3-4,7H2,1-2H3. The molecule has 0 aliphatic rings. The van der Waals surface area contributed by atoms with Crippen LogP contribution in [0.15, 0.2) is 24.3 Å². The van der Waals surface area contributed by atoms with E-state index in [0.29, 0.717) is 0 Å². The molecule has 2 aromatic rings. The molecule has 0 aliphatic carbocycles. The highest BCUT2D eigenvalue weighted by Gasteiger charge is 1.99. The van der Waals surface area contributed by atoms with Crippen molar-refractivity contribution in [2.75, 3.05) is 6.61 Å². The molecule has 0 saturated carbocycles. The lowest BCUT2D eigenvalue weighted by Crippen LogP contribution is -1.95. The lowest BCUT2D eigenvalue weighted by molar-refractivity contribution is 0.310. The number of ether oxygens (including phenoxy) is 1. The summed E-state index contributed by atoms with van der Waals surface area (Å²) in [7, 11) is 0. The highest BCUT2D eigenvalue weighted by molar-refractivity contribution is 5.81. The minimum absolute atomic E-state index is 0.811. The van der Waals surface area contributed by atoms with Gasteiger partial charge in [-0.05, 0) is 37.6 Å². The number of hydrogen-bond acceptors (Lipinski definition) is 1. The zero-order valence-electron chi connectivity index (χ0n) is 9.34. The molecule has 2 heteroatoms. The Hall–Kier alpha value is -1.44. The van der Waals surface area contributed by atoms with Crippen LogP contribution in [0, 0.1) is 6.92 Å². The first-order valence-corrected chi connectivity index (χ1v) is 5.52. The maximum atomic E-state index is 5.65. The molecule has 2 nitrogen and oxygen atoms in total. The van der Waals surface area contributed by atoms with Crippen LogP contribution in [0.2, 0.25) is 0 Å². The van der Waals surface area contributed by atoms with Crippen LogP contribution in [0.4, 0.5) is 0 Å². The fourth-order valence-corrected chi connectivity index (χ4v) is 1.68. The second kappa shape index (κ2) is 4.39. The summed E-state index contributed by atoms with van der Waals surface area (Å²) in [5.74, 6) is 0.968. The molecule has 1 aromatic carbocycles. The van der Waals surface area contributed by atoms with Gasteiger partial charge in [0.05, 0.1) is 6.61 Å². The Morgan fingerprint density at radius 3 is 2.93 bits per heavy atom. The van der Waals surface area contributed by atoms with Crippen molar-refractivity contribution in [1.29, 1.82) is 0 Å². The zero-order chi connectivity index (χ0) is 10.7. The van der Waals surface area contributed by atoms with Gasteiger partial charge in [0.25, 0.3) is 0 Å². The smallest absolute Gasteiger partial charge is 0.120 e. The molecule has 1 N–H and O–H groups in total. The van der Waals surface area contributed by atoms with Gasteiger partial charge in [0, 0.05) is 16.6 Å². The van der Waals surface area contributed by atoms with Gasteiger partial charge in [0.2, 0.25) is 0 Å². The molecule has 0 bridgehead atoms.